The first-order valence-corrected chi connectivity index (χ1v) is 7.81. The van der Waals surface area contributed by atoms with Crippen LogP contribution in [0.3, 0.4) is 0 Å². The molecule has 1 aromatic heterocycles. The molecule has 4 rings (SSSR count). The minimum absolute atomic E-state index is 0.127. The summed E-state index contributed by atoms with van der Waals surface area (Å²) in [7, 11) is 0. The van der Waals surface area contributed by atoms with Crippen LogP contribution < -0.4 is 11.1 Å². The Kier molecular flexibility index (Phi) is 3.26. The van der Waals surface area contributed by atoms with Gasteiger partial charge in [-0.05, 0) is 24.5 Å². The van der Waals surface area contributed by atoms with Crippen molar-refractivity contribution in [3.05, 3.63) is 71.3 Å². The van der Waals surface area contributed by atoms with Gasteiger partial charge in [-0.15, -0.1) is 5.10 Å². The average molecular weight is 305 g/mol. The predicted octanol–water partition coefficient (Wildman–Crippen LogP) is 3.32. The van der Waals surface area contributed by atoms with Crippen molar-refractivity contribution in [2.24, 2.45) is 0 Å². The predicted molar refractivity (Wildman–Crippen MR) is 91.2 cm³/mol. The Morgan fingerprint density at radius 2 is 1.78 bits per heavy atom. The number of hydrogen-bond donors (Lipinski definition) is 2. The van der Waals surface area contributed by atoms with E-state index in [2.05, 4.69) is 70.9 Å². The molecule has 2 heterocycles. The van der Waals surface area contributed by atoms with Crippen LogP contribution in [0, 0.1) is 6.92 Å². The first-order chi connectivity index (χ1) is 11.2. The Labute approximate surface area is 135 Å². The number of nitrogen functional groups attached to an aromatic ring is 1. The van der Waals surface area contributed by atoms with Crippen LogP contribution in [0.2, 0.25) is 0 Å². The lowest BCUT2D eigenvalue weighted by atomic mass is 9.93. The molecule has 0 radical (unpaired) electrons. The smallest absolute Gasteiger partial charge is 0.241 e. The largest absolute Gasteiger partial charge is 0.366 e. The maximum atomic E-state index is 5.82. The van der Waals surface area contributed by atoms with E-state index in [4.69, 9.17) is 5.73 Å². The summed E-state index contributed by atoms with van der Waals surface area (Å²) >= 11 is 0. The van der Waals surface area contributed by atoms with Gasteiger partial charge in [0.25, 0.3) is 0 Å². The van der Waals surface area contributed by atoms with Crippen molar-refractivity contribution in [3.63, 3.8) is 0 Å². The van der Waals surface area contributed by atoms with Crippen molar-refractivity contribution in [1.29, 1.82) is 0 Å². The first kappa shape index (κ1) is 13.8. The van der Waals surface area contributed by atoms with Crippen molar-refractivity contribution in [2.75, 3.05) is 11.1 Å². The molecule has 5 nitrogen and oxygen atoms in total. The van der Waals surface area contributed by atoms with Crippen LogP contribution >= 0.6 is 0 Å². The number of hydrogen-bond acceptors (Lipinski definition) is 4. The third kappa shape index (κ3) is 2.54. The minimum atomic E-state index is 0.127. The summed E-state index contributed by atoms with van der Waals surface area (Å²) in [6, 6.07) is 19.3. The van der Waals surface area contributed by atoms with Crippen molar-refractivity contribution < 1.29 is 0 Å². The molecule has 116 valence electrons. The second-order valence-electron chi connectivity index (χ2n) is 6.01. The van der Waals surface area contributed by atoms with Gasteiger partial charge >= 0.3 is 0 Å². The van der Waals surface area contributed by atoms with E-state index in [1.54, 1.807) is 0 Å². The molecular weight excluding hydrogens is 286 g/mol. The molecule has 5 heteroatoms. The molecule has 0 saturated heterocycles. The van der Waals surface area contributed by atoms with Gasteiger partial charge in [0.1, 0.15) is 0 Å². The number of anilines is 2. The van der Waals surface area contributed by atoms with E-state index < -0.39 is 0 Å². The van der Waals surface area contributed by atoms with Gasteiger partial charge in [-0.3, -0.25) is 0 Å². The Morgan fingerprint density at radius 1 is 1.04 bits per heavy atom. The van der Waals surface area contributed by atoms with Crippen LogP contribution in [-0.4, -0.2) is 14.8 Å². The fourth-order valence-corrected chi connectivity index (χ4v) is 3.16. The summed E-state index contributed by atoms with van der Waals surface area (Å²) in [6.45, 7) is 2.10. The quantitative estimate of drug-likeness (QED) is 0.762. The van der Waals surface area contributed by atoms with E-state index in [1.807, 2.05) is 10.7 Å². The highest BCUT2D eigenvalue weighted by Gasteiger charge is 2.30. The zero-order valence-electron chi connectivity index (χ0n) is 13.0. The van der Waals surface area contributed by atoms with Crippen molar-refractivity contribution in [2.45, 2.75) is 25.4 Å². The number of nitrogens with zero attached hydrogens (tertiary/aromatic N) is 3. The monoisotopic (exact) mass is 305 g/mol. The average Bonchev–Trinajstić information content (AvgIpc) is 2.96. The normalized spacial score (nSPS) is 19.9. The second-order valence-corrected chi connectivity index (χ2v) is 6.01. The van der Waals surface area contributed by atoms with Crippen LogP contribution in [0.15, 0.2) is 54.6 Å². The summed E-state index contributed by atoms with van der Waals surface area (Å²) < 4.78 is 1.90. The van der Waals surface area contributed by atoms with E-state index in [0.29, 0.717) is 5.95 Å². The van der Waals surface area contributed by atoms with E-state index >= 15 is 0 Å². The molecule has 0 saturated carbocycles. The highest BCUT2D eigenvalue weighted by atomic mass is 15.4. The second kappa shape index (κ2) is 5.43. The fraction of sp³-hybridized carbons (Fsp3) is 0.222. The summed E-state index contributed by atoms with van der Waals surface area (Å²) in [5, 5.41) is 7.83. The van der Waals surface area contributed by atoms with Crippen LogP contribution in [0.1, 0.15) is 35.2 Å². The summed E-state index contributed by atoms with van der Waals surface area (Å²) in [6.07, 6.45) is 0.906. The van der Waals surface area contributed by atoms with Gasteiger partial charge in [-0.25, -0.2) is 4.68 Å². The van der Waals surface area contributed by atoms with E-state index in [9.17, 15) is 0 Å². The summed E-state index contributed by atoms with van der Waals surface area (Å²) in [5.41, 5.74) is 9.55. The van der Waals surface area contributed by atoms with E-state index in [-0.39, 0.29) is 12.1 Å². The van der Waals surface area contributed by atoms with Gasteiger partial charge in [0.05, 0.1) is 12.1 Å². The minimum Gasteiger partial charge on any atom is -0.366 e. The lowest BCUT2D eigenvalue weighted by Crippen LogP contribution is -2.28. The number of aromatic nitrogens is 3. The molecule has 3 aromatic rings. The SMILES string of the molecule is Cc1ccc([C@@H]2C[C@H](c3ccccc3)Nc3nc(N)nn32)cc1. The van der Waals surface area contributed by atoms with Crippen LogP contribution in [0.25, 0.3) is 0 Å². The van der Waals surface area contributed by atoms with Crippen LogP contribution in [0.5, 0.6) is 0 Å². The Morgan fingerprint density at radius 3 is 2.52 bits per heavy atom. The summed E-state index contributed by atoms with van der Waals surface area (Å²) in [4.78, 5) is 4.34. The van der Waals surface area contributed by atoms with Gasteiger partial charge in [-0.2, -0.15) is 4.98 Å². The zero-order chi connectivity index (χ0) is 15.8. The maximum absolute atomic E-state index is 5.82. The molecule has 2 atom stereocenters. The molecule has 2 aromatic carbocycles. The summed E-state index contributed by atoms with van der Waals surface area (Å²) in [5.74, 6) is 1.03. The molecule has 0 fully saturated rings. The van der Waals surface area contributed by atoms with Gasteiger partial charge < -0.3 is 11.1 Å². The number of fused-ring (bicyclic) bond motifs is 1. The van der Waals surface area contributed by atoms with Crippen LogP contribution in [-0.2, 0) is 0 Å². The fourth-order valence-electron chi connectivity index (χ4n) is 3.16. The Hall–Kier alpha value is -2.82. The lowest BCUT2D eigenvalue weighted by molar-refractivity contribution is 0.431. The molecule has 0 bridgehead atoms. The molecular formula is C18H19N5. The first-order valence-electron chi connectivity index (χ1n) is 7.81. The van der Waals surface area contributed by atoms with Crippen molar-refractivity contribution in [3.8, 4) is 0 Å². The van der Waals surface area contributed by atoms with E-state index in [0.717, 1.165) is 12.4 Å². The maximum Gasteiger partial charge on any atom is 0.241 e. The zero-order valence-corrected chi connectivity index (χ0v) is 13.0. The molecule has 23 heavy (non-hydrogen) atoms. The number of nitrogens with one attached hydrogen (secondary N) is 1. The van der Waals surface area contributed by atoms with Crippen molar-refractivity contribution >= 4 is 11.9 Å². The van der Waals surface area contributed by atoms with Gasteiger partial charge in [0.15, 0.2) is 0 Å². The Balaban J connectivity index is 1.76. The van der Waals surface area contributed by atoms with Gasteiger partial charge in [-0.1, -0.05) is 60.2 Å². The number of benzene rings is 2. The van der Waals surface area contributed by atoms with Crippen molar-refractivity contribution in [1.82, 2.24) is 14.8 Å². The molecule has 0 unspecified atom stereocenters. The highest BCUT2D eigenvalue weighted by Crippen LogP contribution is 2.37. The third-order valence-electron chi connectivity index (χ3n) is 4.37. The number of rotatable bonds is 2. The molecule has 3 N–H and O–H groups in total. The molecule has 0 spiro atoms. The molecule has 1 aliphatic heterocycles. The van der Waals surface area contributed by atoms with E-state index in [1.165, 1.54) is 16.7 Å². The molecule has 1 aliphatic rings. The third-order valence-corrected chi connectivity index (χ3v) is 4.37. The Bertz CT molecular complexity index is 807. The topological polar surface area (TPSA) is 68.8 Å². The van der Waals surface area contributed by atoms with Gasteiger partial charge in [0, 0.05) is 0 Å². The van der Waals surface area contributed by atoms with Crippen LogP contribution in [0.4, 0.5) is 11.9 Å². The molecule has 0 amide bonds. The number of aryl methyl sites for hydroxylation is 1. The standard InChI is InChI=1S/C18H19N5/c1-12-7-9-14(10-8-12)16-11-15(13-5-3-2-4-6-13)20-18-21-17(19)22-23(16)18/h2-10,15-16H,11H2,1H3,(H3,19,20,21,22)/t15-,16+/m1/s1. The number of nitrogens with two attached hydrogens (primary N) is 1. The van der Waals surface area contributed by atoms with Gasteiger partial charge in [0.2, 0.25) is 11.9 Å². The highest BCUT2D eigenvalue weighted by molar-refractivity contribution is 5.41. The lowest BCUT2D eigenvalue weighted by Gasteiger charge is -2.31. The molecule has 0 aliphatic carbocycles.